The molecule has 2 heterocycles. The number of carbonyl (C=O) groups excluding carboxylic acids is 2. The molecule has 2 unspecified atom stereocenters. The third-order valence-electron chi connectivity index (χ3n) is 6.20. The third-order valence-corrected chi connectivity index (χ3v) is 6.20. The maximum atomic E-state index is 14.0. The van der Waals surface area contributed by atoms with Crippen LogP contribution in [0.2, 0.25) is 0 Å². The van der Waals surface area contributed by atoms with E-state index < -0.39 is 17.4 Å². The smallest absolute Gasteiger partial charge is 0.277 e. The zero-order valence-corrected chi connectivity index (χ0v) is 18.8. The Bertz CT molecular complexity index is 1320. The molecule has 2 aliphatic heterocycles. The quantitative estimate of drug-likeness (QED) is 0.565. The van der Waals surface area contributed by atoms with E-state index in [2.05, 4.69) is 10.5 Å². The Morgan fingerprint density at radius 2 is 1.71 bits per heavy atom. The van der Waals surface area contributed by atoms with Crippen LogP contribution in [-0.2, 0) is 15.2 Å². The topological polar surface area (TPSA) is 95.5 Å². The second-order valence-electron chi connectivity index (χ2n) is 7.87. The number of benzene rings is 3. The van der Waals surface area contributed by atoms with Crippen molar-refractivity contribution in [2.24, 2.45) is 11.1 Å². The minimum absolute atomic E-state index is 0.281. The summed E-state index contributed by atoms with van der Waals surface area (Å²) >= 11 is 0. The van der Waals surface area contributed by atoms with Crippen molar-refractivity contribution in [3.8, 4) is 17.2 Å². The number of nitrogens with zero attached hydrogens (tertiary/aromatic N) is 1. The van der Waals surface area contributed by atoms with Crippen LogP contribution in [0.5, 0.6) is 17.2 Å². The van der Waals surface area contributed by atoms with E-state index in [0.29, 0.717) is 39.6 Å². The van der Waals surface area contributed by atoms with Gasteiger partial charge in [0.05, 0.1) is 21.3 Å². The van der Waals surface area contributed by atoms with E-state index >= 15 is 0 Å². The first kappa shape index (κ1) is 21.5. The average Bonchev–Trinajstić information content (AvgIpc) is 3.41. The molecule has 8 nitrogen and oxygen atoms in total. The SMILES string of the molecule is COc1ccc(C(=O)C2C(c3cccc(OC)c3OC)=NOC23C(=O)Nc2ccccc23)cc1. The molecule has 0 aromatic heterocycles. The lowest BCUT2D eigenvalue weighted by atomic mass is 9.74. The van der Waals surface area contributed by atoms with Crippen molar-refractivity contribution in [1.82, 2.24) is 0 Å². The average molecular weight is 458 g/mol. The Hall–Kier alpha value is -4.33. The van der Waals surface area contributed by atoms with Crippen LogP contribution in [0.15, 0.2) is 71.9 Å². The Balaban J connectivity index is 1.71. The van der Waals surface area contributed by atoms with Gasteiger partial charge in [-0.25, -0.2) is 0 Å². The van der Waals surface area contributed by atoms with Crippen LogP contribution in [0.1, 0.15) is 21.5 Å². The molecular weight excluding hydrogens is 436 g/mol. The molecule has 34 heavy (non-hydrogen) atoms. The summed E-state index contributed by atoms with van der Waals surface area (Å²) in [7, 11) is 4.58. The summed E-state index contributed by atoms with van der Waals surface area (Å²) in [6.07, 6.45) is 0. The lowest BCUT2D eigenvalue weighted by Gasteiger charge is -2.27. The number of carbonyl (C=O) groups is 2. The van der Waals surface area contributed by atoms with Crippen LogP contribution in [0.25, 0.3) is 0 Å². The Kier molecular flexibility index (Phi) is 5.20. The monoisotopic (exact) mass is 458 g/mol. The number of ketones is 1. The molecule has 3 aromatic carbocycles. The largest absolute Gasteiger partial charge is 0.497 e. The van der Waals surface area contributed by atoms with E-state index in [-0.39, 0.29) is 11.5 Å². The Labute approximate surface area is 196 Å². The standard InChI is InChI=1S/C26H22N2O6/c1-31-16-13-11-15(12-14-16)23(29)21-22(17-7-6-10-20(32-2)24(17)33-3)28-34-26(21)18-8-4-5-9-19(18)27-25(26)30/h4-14,21H,1-3H3,(H,27,30). The normalized spacial score (nSPS) is 20.3. The first-order chi connectivity index (χ1) is 16.5. The van der Waals surface area contributed by atoms with Crippen molar-refractivity contribution in [2.45, 2.75) is 5.60 Å². The molecule has 3 aromatic rings. The molecule has 0 saturated carbocycles. The number of amides is 1. The van der Waals surface area contributed by atoms with Gasteiger partial charge in [-0.15, -0.1) is 0 Å². The van der Waals surface area contributed by atoms with Crippen LogP contribution in [-0.4, -0.2) is 38.7 Å². The first-order valence-corrected chi connectivity index (χ1v) is 10.6. The van der Waals surface area contributed by atoms with Gasteiger partial charge in [-0.05, 0) is 42.5 Å². The molecule has 0 bridgehead atoms. The van der Waals surface area contributed by atoms with E-state index in [4.69, 9.17) is 19.0 Å². The second kappa shape index (κ2) is 8.22. The Morgan fingerprint density at radius 3 is 2.41 bits per heavy atom. The number of methoxy groups -OCH3 is 3. The van der Waals surface area contributed by atoms with Gasteiger partial charge in [-0.3, -0.25) is 9.59 Å². The molecule has 0 saturated heterocycles. The van der Waals surface area contributed by atoms with Gasteiger partial charge in [0, 0.05) is 22.4 Å². The van der Waals surface area contributed by atoms with Gasteiger partial charge < -0.3 is 24.4 Å². The molecular formula is C26H22N2O6. The minimum atomic E-state index is -1.66. The number of oxime groups is 1. The predicted octanol–water partition coefficient (Wildman–Crippen LogP) is 3.79. The highest BCUT2D eigenvalue weighted by molar-refractivity contribution is 6.25. The summed E-state index contributed by atoms with van der Waals surface area (Å²) in [6, 6.07) is 19.1. The van der Waals surface area contributed by atoms with E-state index in [1.165, 1.54) is 14.2 Å². The molecule has 1 amide bonds. The molecule has 5 rings (SSSR count). The van der Waals surface area contributed by atoms with Crippen LogP contribution < -0.4 is 19.5 Å². The number of rotatable bonds is 6. The van der Waals surface area contributed by atoms with Crippen molar-refractivity contribution in [3.63, 3.8) is 0 Å². The molecule has 2 atom stereocenters. The lowest BCUT2D eigenvalue weighted by molar-refractivity contribution is -0.140. The molecule has 2 aliphatic rings. The number of Topliss-reactive ketones (excluding diaryl/α,β-unsaturated/α-hetero) is 1. The fourth-order valence-corrected chi connectivity index (χ4v) is 4.57. The van der Waals surface area contributed by atoms with E-state index in [9.17, 15) is 9.59 Å². The summed E-state index contributed by atoms with van der Waals surface area (Å²) < 4.78 is 16.3. The number of anilines is 1. The molecule has 172 valence electrons. The summed E-state index contributed by atoms with van der Waals surface area (Å²) in [4.78, 5) is 33.4. The van der Waals surface area contributed by atoms with Crippen molar-refractivity contribution >= 4 is 23.1 Å². The molecule has 0 fully saturated rings. The highest BCUT2D eigenvalue weighted by Gasteiger charge is 2.63. The van der Waals surface area contributed by atoms with Crippen molar-refractivity contribution in [1.29, 1.82) is 0 Å². The molecule has 0 aliphatic carbocycles. The van der Waals surface area contributed by atoms with E-state index in [1.54, 1.807) is 73.8 Å². The zero-order valence-electron chi connectivity index (χ0n) is 18.8. The van der Waals surface area contributed by atoms with Gasteiger partial charge in [0.25, 0.3) is 11.5 Å². The van der Waals surface area contributed by atoms with Gasteiger partial charge in [-0.1, -0.05) is 29.4 Å². The predicted molar refractivity (Wildman–Crippen MR) is 125 cm³/mol. The van der Waals surface area contributed by atoms with Crippen LogP contribution in [0.3, 0.4) is 0 Å². The summed E-state index contributed by atoms with van der Waals surface area (Å²) in [5, 5.41) is 7.15. The molecule has 8 heteroatoms. The lowest BCUT2D eigenvalue weighted by Crippen LogP contribution is -2.46. The molecule has 0 radical (unpaired) electrons. The maximum Gasteiger partial charge on any atom is 0.277 e. The number of nitrogens with one attached hydrogen (secondary N) is 1. The van der Waals surface area contributed by atoms with Crippen LogP contribution in [0.4, 0.5) is 5.69 Å². The maximum absolute atomic E-state index is 14.0. The van der Waals surface area contributed by atoms with Gasteiger partial charge in [-0.2, -0.15) is 0 Å². The van der Waals surface area contributed by atoms with Crippen LogP contribution >= 0.6 is 0 Å². The van der Waals surface area contributed by atoms with Gasteiger partial charge in [0.1, 0.15) is 17.4 Å². The minimum Gasteiger partial charge on any atom is -0.497 e. The van der Waals surface area contributed by atoms with E-state index in [1.807, 2.05) is 0 Å². The van der Waals surface area contributed by atoms with Gasteiger partial charge in [0.2, 0.25) is 0 Å². The van der Waals surface area contributed by atoms with Crippen molar-refractivity contribution < 1.29 is 28.6 Å². The highest BCUT2D eigenvalue weighted by atomic mass is 16.7. The fraction of sp³-hybridized carbons (Fsp3) is 0.192. The highest BCUT2D eigenvalue weighted by Crippen LogP contribution is 2.51. The van der Waals surface area contributed by atoms with Crippen molar-refractivity contribution in [2.75, 3.05) is 26.6 Å². The fourth-order valence-electron chi connectivity index (χ4n) is 4.57. The van der Waals surface area contributed by atoms with Crippen LogP contribution in [0, 0.1) is 5.92 Å². The number of para-hydroxylation sites is 2. The molecule has 1 spiro atoms. The summed E-state index contributed by atoms with van der Waals surface area (Å²) in [6.45, 7) is 0. The number of fused-ring (bicyclic) bond motifs is 2. The van der Waals surface area contributed by atoms with Gasteiger partial charge in [0.15, 0.2) is 17.3 Å². The summed E-state index contributed by atoms with van der Waals surface area (Å²) in [5.41, 5.74) is 0.645. The Morgan fingerprint density at radius 1 is 0.941 bits per heavy atom. The third kappa shape index (κ3) is 3.02. The van der Waals surface area contributed by atoms with Gasteiger partial charge >= 0.3 is 0 Å². The number of hydrogen-bond acceptors (Lipinski definition) is 7. The molecule has 1 N–H and O–H groups in total. The second-order valence-corrected chi connectivity index (χ2v) is 7.87. The van der Waals surface area contributed by atoms with E-state index in [0.717, 1.165) is 0 Å². The first-order valence-electron chi connectivity index (χ1n) is 10.6. The zero-order chi connectivity index (χ0) is 23.9. The number of ether oxygens (including phenoxy) is 3. The number of hydrogen-bond donors (Lipinski definition) is 1. The van der Waals surface area contributed by atoms with Crippen molar-refractivity contribution in [3.05, 3.63) is 83.4 Å². The summed E-state index contributed by atoms with van der Waals surface area (Å²) in [5.74, 6) is -0.386.